The van der Waals surface area contributed by atoms with Crippen molar-refractivity contribution in [1.29, 1.82) is 0 Å². The smallest absolute Gasteiger partial charge is 0.255 e. The van der Waals surface area contributed by atoms with Crippen LogP contribution in [0.4, 0.5) is 5.69 Å². The molecule has 0 aliphatic carbocycles. The van der Waals surface area contributed by atoms with Gasteiger partial charge in [-0.15, -0.1) is 0 Å². The molecule has 2 aromatic rings. The van der Waals surface area contributed by atoms with Crippen LogP contribution >= 0.6 is 0 Å². The standard InChI is InChI=1S/C16H17NO3/c1-11-10-13(4-7-15(11)19)16(20)17-14-5-2-12(3-6-14)8-9-18/h2-7,10,18-19H,8-9H2,1H3,(H,17,20). The Labute approximate surface area is 117 Å². The number of phenols is 1. The number of aliphatic hydroxyl groups is 1. The number of nitrogens with one attached hydrogen (secondary N) is 1. The van der Waals surface area contributed by atoms with Crippen LogP contribution in [0.3, 0.4) is 0 Å². The predicted octanol–water partition coefficient (Wildman–Crippen LogP) is 2.49. The molecule has 20 heavy (non-hydrogen) atoms. The van der Waals surface area contributed by atoms with E-state index in [1.54, 1.807) is 31.2 Å². The zero-order chi connectivity index (χ0) is 14.5. The van der Waals surface area contributed by atoms with Crippen LogP contribution in [0.15, 0.2) is 42.5 Å². The highest BCUT2D eigenvalue weighted by molar-refractivity contribution is 6.04. The lowest BCUT2D eigenvalue weighted by atomic mass is 10.1. The summed E-state index contributed by atoms with van der Waals surface area (Å²) in [5, 5.41) is 21.1. The quantitative estimate of drug-likeness (QED) is 0.800. The fourth-order valence-electron chi connectivity index (χ4n) is 1.88. The van der Waals surface area contributed by atoms with E-state index in [2.05, 4.69) is 5.32 Å². The van der Waals surface area contributed by atoms with E-state index in [1.165, 1.54) is 6.07 Å². The second kappa shape index (κ2) is 6.21. The number of amides is 1. The molecule has 0 bridgehead atoms. The summed E-state index contributed by atoms with van der Waals surface area (Å²) in [5.41, 5.74) is 2.88. The summed E-state index contributed by atoms with van der Waals surface area (Å²) in [4.78, 5) is 12.1. The first-order valence-corrected chi connectivity index (χ1v) is 6.41. The summed E-state index contributed by atoms with van der Waals surface area (Å²) in [6.45, 7) is 1.86. The van der Waals surface area contributed by atoms with Gasteiger partial charge in [0.05, 0.1) is 0 Å². The Morgan fingerprint density at radius 3 is 2.45 bits per heavy atom. The van der Waals surface area contributed by atoms with Crippen LogP contribution in [0.2, 0.25) is 0 Å². The molecule has 1 amide bonds. The molecule has 0 radical (unpaired) electrons. The second-order valence-corrected chi connectivity index (χ2v) is 4.63. The van der Waals surface area contributed by atoms with Crippen LogP contribution in [-0.4, -0.2) is 22.7 Å². The highest BCUT2D eigenvalue weighted by atomic mass is 16.3. The normalized spacial score (nSPS) is 10.3. The van der Waals surface area contributed by atoms with Gasteiger partial charge in [-0.25, -0.2) is 0 Å². The summed E-state index contributed by atoms with van der Waals surface area (Å²) in [5.74, 6) is -0.0436. The minimum atomic E-state index is -0.219. The summed E-state index contributed by atoms with van der Waals surface area (Å²) < 4.78 is 0. The van der Waals surface area contributed by atoms with Crippen LogP contribution in [0.1, 0.15) is 21.5 Å². The molecule has 0 heterocycles. The minimum Gasteiger partial charge on any atom is -0.508 e. The lowest BCUT2D eigenvalue weighted by Gasteiger charge is -2.07. The molecule has 104 valence electrons. The maximum Gasteiger partial charge on any atom is 0.255 e. The predicted molar refractivity (Wildman–Crippen MR) is 78.0 cm³/mol. The van der Waals surface area contributed by atoms with Crippen molar-refractivity contribution >= 4 is 11.6 Å². The first-order valence-electron chi connectivity index (χ1n) is 6.41. The molecule has 0 saturated heterocycles. The lowest BCUT2D eigenvalue weighted by molar-refractivity contribution is 0.102. The van der Waals surface area contributed by atoms with Crippen molar-refractivity contribution in [3.8, 4) is 5.75 Å². The van der Waals surface area contributed by atoms with Gasteiger partial charge < -0.3 is 15.5 Å². The Kier molecular flexibility index (Phi) is 4.38. The second-order valence-electron chi connectivity index (χ2n) is 4.63. The molecule has 2 rings (SSSR count). The SMILES string of the molecule is Cc1cc(C(=O)Nc2ccc(CCO)cc2)ccc1O. The first kappa shape index (κ1) is 14.1. The number of phenolic OH excluding ortho intramolecular Hbond substituents is 1. The number of benzene rings is 2. The average molecular weight is 271 g/mol. The van der Waals surface area contributed by atoms with E-state index in [9.17, 15) is 9.90 Å². The lowest BCUT2D eigenvalue weighted by Crippen LogP contribution is -2.12. The van der Waals surface area contributed by atoms with Crippen molar-refractivity contribution in [1.82, 2.24) is 0 Å². The molecule has 4 nitrogen and oxygen atoms in total. The van der Waals surface area contributed by atoms with Crippen LogP contribution < -0.4 is 5.32 Å². The van der Waals surface area contributed by atoms with Gasteiger partial charge in [0.1, 0.15) is 5.75 Å². The molecule has 0 saturated carbocycles. The van der Waals surface area contributed by atoms with Crippen LogP contribution in [0, 0.1) is 6.92 Å². The highest BCUT2D eigenvalue weighted by Gasteiger charge is 2.07. The first-order chi connectivity index (χ1) is 9.60. The minimum absolute atomic E-state index is 0.110. The summed E-state index contributed by atoms with van der Waals surface area (Å²) in [7, 11) is 0. The number of aliphatic hydroxyl groups excluding tert-OH is 1. The zero-order valence-electron chi connectivity index (χ0n) is 11.3. The zero-order valence-corrected chi connectivity index (χ0v) is 11.3. The van der Waals surface area contributed by atoms with E-state index in [4.69, 9.17) is 5.11 Å². The van der Waals surface area contributed by atoms with Gasteiger partial charge in [0.25, 0.3) is 5.91 Å². The number of carbonyl (C=O) groups excluding carboxylic acids is 1. The Hall–Kier alpha value is -2.33. The van der Waals surface area contributed by atoms with Gasteiger partial charge in [-0.3, -0.25) is 4.79 Å². The summed E-state index contributed by atoms with van der Waals surface area (Å²) in [6, 6.07) is 12.1. The molecule has 4 heteroatoms. The Morgan fingerprint density at radius 2 is 1.85 bits per heavy atom. The van der Waals surface area contributed by atoms with Crippen molar-refractivity contribution in [2.45, 2.75) is 13.3 Å². The molecular formula is C16H17NO3. The van der Waals surface area contributed by atoms with Gasteiger partial charge in [0, 0.05) is 17.9 Å². The van der Waals surface area contributed by atoms with Crippen molar-refractivity contribution in [2.24, 2.45) is 0 Å². The number of hydrogen-bond acceptors (Lipinski definition) is 3. The third-order valence-corrected chi connectivity index (χ3v) is 3.07. The number of anilines is 1. The average Bonchev–Trinajstić information content (AvgIpc) is 2.44. The Balaban J connectivity index is 2.08. The summed E-state index contributed by atoms with van der Waals surface area (Å²) >= 11 is 0. The maximum absolute atomic E-state index is 12.1. The molecular weight excluding hydrogens is 254 g/mol. The number of aryl methyl sites for hydroxylation is 1. The van der Waals surface area contributed by atoms with Gasteiger partial charge in [0.15, 0.2) is 0 Å². The van der Waals surface area contributed by atoms with Gasteiger partial charge in [-0.05, 0) is 54.8 Å². The van der Waals surface area contributed by atoms with E-state index in [0.717, 1.165) is 5.56 Å². The molecule has 2 aromatic carbocycles. The molecule has 0 spiro atoms. The maximum atomic E-state index is 12.1. The molecule has 0 aliphatic rings. The number of rotatable bonds is 4. The number of aromatic hydroxyl groups is 1. The van der Waals surface area contributed by atoms with Gasteiger partial charge in [-0.1, -0.05) is 12.1 Å². The molecule has 0 aliphatic heterocycles. The van der Waals surface area contributed by atoms with E-state index < -0.39 is 0 Å². The van der Waals surface area contributed by atoms with E-state index in [1.807, 2.05) is 12.1 Å². The van der Waals surface area contributed by atoms with Gasteiger partial charge in [-0.2, -0.15) is 0 Å². The van der Waals surface area contributed by atoms with Crippen LogP contribution in [-0.2, 0) is 6.42 Å². The van der Waals surface area contributed by atoms with E-state index >= 15 is 0 Å². The highest BCUT2D eigenvalue weighted by Crippen LogP contribution is 2.18. The van der Waals surface area contributed by atoms with Gasteiger partial charge >= 0.3 is 0 Å². The fraction of sp³-hybridized carbons (Fsp3) is 0.188. The number of hydrogen-bond donors (Lipinski definition) is 3. The number of carbonyl (C=O) groups is 1. The van der Waals surface area contributed by atoms with Crippen molar-refractivity contribution < 1.29 is 15.0 Å². The fourth-order valence-corrected chi connectivity index (χ4v) is 1.88. The van der Waals surface area contributed by atoms with Crippen molar-refractivity contribution in [3.63, 3.8) is 0 Å². The topological polar surface area (TPSA) is 69.6 Å². The van der Waals surface area contributed by atoms with Gasteiger partial charge in [0.2, 0.25) is 0 Å². The molecule has 0 fully saturated rings. The van der Waals surface area contributed by atoms with Crippen LogP contribution in [0.5, 0.6) is 5.75 Å². The molecule has 0 atom stereocenters. The largest absolute Gasteiger partial charge is 0.508 e. The van der Waals surface area contributed by atoms with Crippen LogP contribution in [0.25, 0.3) is 0 Å². The molecule has 3 N–H and O–H groups in total. The third kappa shape index (κ3) is 3.36. The Bertz CT molecular complexity index is 606. The molecule has 0 aromatic heterocycles. The Morgan fingerprint density at radius 1 is 1.15 bits per heavy atom. The third-order valence-electron chi connectivity index (χ3n) is 3.07. The van der Waals surface area contributed by atoms with Crippen molar-refractivity contribution in [2.75, 3.05) is 11.9 Å². The monoisotopic (exact) mass is 271 g/mol. The van der Waals surface area contributed by atoms with Crippen molar-refractivity contribution in [3.05, 3.63) is 59.2 Å². The van der Waals surface area contributed by atoms with E-state index in [-0.39, 0.29) is 18.3 Å². The van der Waals surface area contributed by atoms with E-state index in [0.29, 0.717) is 23.2 Å². The molecule has 0 unspecified atom stereocenters. The summed E-state index contributed by atoms with van der Waals surface area (Å²) in [6.07, 6.45) is 0.603.